The molecule has 1 unspecified atom stereocenters. The molecular weight excluding hydrogens is 214 g/mol. The second kappa shape index (κ2) is 4.73. The second-order valence-corrected chi connectivity index (χ2v) is 5.43. The van der Waals surface area contributed by atoms with Crippen molar-refractivity contribution in [3.63, 3.8) is 0 Å². The average Bonchev–Trinajstić information content (AvgIpc) is 2.26. The van der Waals surface area contributed by atoms with Crippen molar-refractivity contribution in [2.24, 2.45) is 5.41 Å². The van der Waals surface area contributed by atoms with Crippen molar-refractivity contribution < 1.29 is 4.79 Å². The minimum atomic E-state index is -0.0765. The van der Waals surface area contributed by atoms with E-state index in [0.29, 0.717) is 11.4 Å². The Morgan fingerprint density at radius 3 is 2.41 bits per heavy atom. The SMILES string of the molecule is CC(N(C)C(=O)c1ccc(N)cn1)C(C)(C)C. The van der Waals surface area contributed by atoms with Crippen LogP contribution in [0.15, 0.2) is 18.3 Å². The Morgan fingerprint density at radius 1 is 1.41 bits per heavy atom. The van der Waals surface area contributed by atoms with E-state index in [1.165, 1.54) is 6.20 Å². The zero-order valence-corrected chi connectivity index (χ0v) is 11.2. The Balaban J connectivity index is 2.87. The van der Waals surface area contributed by atoms with Gasteiger partial charge in [0.1, 0.15) is 5.69 Å². The summed E-state index contributed by atoms with van der Waals surface area (Å²) < 4.78 is 0. The number of nitrogens with zero attached hydrogens (tertiary/aromatic N) is 2. The molecular formula is C13H21N3O. The van der Waals surface area contributed by atoms with Crippen LogP contribution < -0.4 is 5.73 Å². The highest BCUT2D eigenvalue weighted by Gasteiger charge is 2.27. The lowest BCUT2D eigenvalue weighted by atomic mass is 9.87. The highest BCUT2D eigenvalue weighted by Crippen LogP contribution is 2.23. The van der Waals surface area contributed by atoms with E-state index in [9.17, 15) is 4.79 Å². The number of hydrogen-bond acceptors (Lipinski definition) is 3. The lowest BCUT2D eigenvalue weighted by Gasteiger charge is -2.35. The van der Waals surface area contributed by atoms with Gasteiger partial charge in [0.05, 0.1) is 11.9 Å². The van der Waals surface area contributed by atoms with Crippen LogP contribution in [-0.2, 0) is 0 Å². The van der Waals surface area contributed by atoms with E-state index in [-0.39, 0.29) is 17.4 Å². The summed E-state index contributed by atoms with van der Waals surface area (Å²) in [6.45, 7) is 8.36. The molecule has 0 aliphatic rings. The van der Waals surface area contributed by atoms with Gasteiger partial charge in [-0.25, -0.2) is 4.98 Å². The van der Waals surface area contributed by atoms with E-state index in [2.05, 4.69) is 25.8 Å². The Kier molecular flexibility index (Phi) is 3.76. The van der Waals surface area contributed by atoms with Crippen molar-refractivity contribution in [3.05, 3.63) is 24.0 Å². The predicted octanol–water partition coefficient (Wildman–Crippen LogP) is 2.17. The van der Waals surface area contributed by atoms with Crippen molar-refractivity contribution in [1.82, 2.24) is 9.88 Å². The Morgan fingerprint density at radius 2 is 2.00 bits per heavy atom. The first-order valence-corrected chi connectivity index (χ1v) is 5.72. The third-order valence-corrected chi connectivity index (χ3v) is 3.16. The minimum Gasteiger partial charge on any atom is -0.397 e. The molecule has 4 nitrogen and oxygen atoms in total. The summed E-state index contributed by atoms with van der Waals surface area (Å²) in [5.41, 5.74) is 6.58. The first-order valence-electron chi connectivity index (χ1n) is 5.72. The molecule has 0 fully saturated rings. The summed E-state index contributed by atoms with van der Waals surface area (Å²) in [7, 11) is 1.80. The number of nitrogen functional groups attached to an aromatic ring is 1. The minimum absolute atomic E-state index is 0.0399. The molecule has 0 saturated heterocycles. The zero-order chi connectivity index (χ0) is 13.2. The molecule has 4 heteroatoms. The number of aromatic nitrogens is 1. The Labute approximate surface area is 103 Å². The van der Waals surface area contributed by atoms with Crippen molar-refractivity contribution in [1.29, 1.82) is 0 Å². The summed E-state index contributed by atoms with van der Waals surface area (Å²) in [5, 5.41) is 0. The number of amides is 1. The van der Waals surface area contributed by atoms with Gasteiger partial charge in [0.2, 0.25) is 0 Å². The Hall–Kier alpha value is -1.58. The van der Waals surface area contributed by atoms with Crippen LogP contribution in [0, 0.1) is 5.41 Å². The van der Waals surface area contributed by atoms with Crippen LogP contribution in [0.25, 0.3) is 0 Å². The molecule has 0 bridgehead atoms. The molecule has 1 atom stereocenters. The molecule has 94 valence electrons. The molecule has 2 N–H and O–H groups in total. The molecule has 1 aromatic heterocycles. The summed E-state index contributed by atoms with van der Waals surface area (Å²) >= 11 is 0. The van der Waals surface area contributed by atoms with Crippen LogP contribution in [0.4, 0.5) is 5.69 Å². The van der Waals surface area contributed by atoms with E-state index < -0.39 is 0 Å². The molecule has 1 heterocycles. The second-order valence-electron chi connectivity index (χ2n) is 5.43. The van der Waals surface area contributed by atoms with Gasteiger partial charge in [-0.05, 0) is 24.5 Å². The highest BCUT2D eigenvalue weighted by atomic mass is 16.2. The standard InChI is InChI=1S/C13H21N3O/c1-9(13(2,3)4)16(5)12(17)11-7-6-10(14)8-15-11/h6-9H,14H2,1-5H3. The number of pyridine rings is 1. The van der Waals surface area contributed by atoms with Crippen molar-refractivity contribution >= 4 is 11.6 Å². The molecule has 17 heavy (non-hydrogen) atoms. The normalized spacial score (nSPS) is 13.2. The first kappa shape index (κ1) is 13.5. The number of carbonyl (C=O) groups is 1. The van der Waals surface area contributed by atoms with Gasteiger partial charge in [0, 0.05) is 13.1 Å². The van der Waals surface area contributed by atoms with Crippen LogP contribution >= 0.6 is 0 Å². The van der Waals surface area contributed by atoms with Crippen molar-refractivity contribution in [2.45, 2.75) is 33.7 Å². The maximum atomic E-state index is 12.2. The molecule has 0 saturated carbocycles. The van der Waals surface area contributed by atoms with Gasteiger partial charge in [-0.15, -0.1) is 0 Å². The van der Waals surface area contributed by atoms with Gasteiger partial charge in [0.25, 0.3) is 5.91 Å². The quantitative estimate of drug-likeness (QED) is 0.854. The van der Waals surface area contributed by atoms with Gasteiger partial charge in [-0.3, -0.25) is 4.79 Å². The number of carbonyl (C=O) groups excluding carboxylic acids is 1. The van der Waals surface area contributed by atoms with E-state index in [1.54, 1.807) is 24.1 Å². The monoisotopic (exact) mass is 235 g/mol. The van der Waals surface area contributed by atoms with Gasteiger partial charge >= 0.3 is 0 Å². The third kappa shape index (κ3) is 3.19. The molecule has 0 aliphatic carbocycles. The van der Waals surface area contributed by atoms with E-state index in [0.717, 1.165) is 0 Å². The van der Waals surface area contributed by atoms with Crippen LogP contribution in [0.5, 0.6) is 0 Å². The number of nitrogens with two attached hydrogens (primary N) is 1. The van der Waals surface area contributed by atoms with Crippen molar-refractivity contribution in [2.75, 3.05) is 12.8 Å². The molecule has 1 amide bonds. The number of hydrogen-bond donors (Lipinski definition) is 1. The maximum absolute atomic E-state index is 12.2. The summed E-state index contributed by atoms with van der Waals surface area (Å²) in [6, 6.07) is 3.48. The van der Waals surface area contributed by atoms with Gasteiger partial charge in [-0.1, -0.05) is 20.8 Å². The van der Waals surface area contributed by atoms with Crippen molar-refractivity contribution in [3.8, 4) is 0 Å². The van der Waals surface area contributed by atoms with Gasteiger partial charge < -0.3 is 10.6 Å². The van der Waals surface area contributed by atoms with E-state index in [1.807, 2.05) is 6.92 Å². The van der Waals surface area contributed by atoms with Crippen LogP contribution in [-0.4, -0.2) is 28.9 Å². The molecule has 0 spiro atoms. The predicted molar refractivity (Wildman–Crippen MR) is 69.7 cm³/mol. The topological polar surface area (TPSA) is 59.2 Å². The Bertz CT molecular complexity index is 392. The summed E-state index contributed by atoms with van der Waals surface area (Å²) in [5.74, 6) is -0.0765. The number of anilines is 1. The van der Waals surface area contributed by atoms with Gasteiger partial charge in [0.15, 0.2) is 0 Å². The highest BCUT2D eigenvalue weighted by molar-refractivity contribution is 5.92. The van der Waals surface area contributed by atoms with Crippen LogP contribution in [0.2, 0.25) is 0 Å². The fraction of sp³-hybridized carbons (Fsp3) is 0.538. The lowest BCUT2D eigenvalue weighted by molar-refractivity contribution is 0.0623. The number of rotatable bonds is 2. The molecule has 0 aromatic carbocycles. The molecule has 1 rings (SSSR count). The van der Waals surface area contributed by atoms with E-state index >= 15 is 0 Å². The summed E-state index contributed by atoms with van der Waals surface area (Å²) in [6.07, 6.45) is 1.50. The average molecular weight is 235 g/mol. The molecule has 0 aliphatic heterocycles. The van der Waals surface area contributed by atoms with Crippen LogP contribution in [0.3, 0.4) is 0 Å². The fourth-order valence-corrected chi connectivity index (χ4v) is 1.47. The molecule has 1 aromatic rings. The fourth-order valence-electron chi connectivity index (χ4n) is 1.47. The van der Waals surface area contributed by atoms with Gasteiger partial charge in [-0.2, -0.15) is 0 Å². The largest absolute Gasteiger partial charge is 0.397 e. The molecule has 0 radical (unpaired) electrons. The van der Waals surface area contributed by atoms with E-state index in [4.69, 9.17) is 5.73 Å². The first-order chi connectivity index (χ1) is 7.73. The third-order valence-electron chi connectivity index (χ3n) is 3.16. The lowest BCUT2D eigenvalue weighted by Crippen LogP contribution is -2.43. The summed E-state index contributed by atoms with van der Waals surface area (Å²) in [4.78, 5) is 17.9. The van der Waals surface area contributed by atoms with Crippen LogP contribution in [0.1, 0.15) is 38.2 Å². The maximum Gasteiger partial charge on any atom is 0.272 e. The smallest absolute Gasteiger partial charge is 0.272 e. The zero-order valence-electron chi connectivity index (χ0n) is 11.2.